The van der Waals surface area contributed by atoms with Crippen LogP contribution in [0.5, 0.6) is 0 Å². The van der Waals surface area contributed by atoms with E-state index in [0.29, 0.717) is 0 Å². The van der Waals surface area contributed by atoms with Gasteiger partial charge in [-0.15, -0.1) is 0 Å². The second-order valence-electron chi connectivity index (χ2n) is 3.83. The van der Waals surface area contributed by atoms with Crippen molar-refractivity contribution in [3.63, 3.8) is 0 Å². The molecule has 0 radical (unpaired) electrons. The van der Waals surface area contributed by atoms with Crippen LogP contribution in [0.25, 0.3) is 0 Å². The predicted octanol–water partition coefficient (Wildman–Crippen LogP) is 4.19. The van der Waals surface area contributed by atoms with E-state index in [0.717, 1.165) is 11.4 Å². The summed E-state index contributed by atoms with van der Waals surface area (Å²) < 4.78 is 0. The van der Waals surface area contributed by atoms with Crippen LogP contribution in [-0.2, 0) is 0 Å². The van der Waals surface area contributed by atoms with E-state index in [1.807, 2.05) is 32.0 Å². The molecule has 0 saturated heterocycles. The molecular formula is C15H22N2. The fraction of sp³-hybridized carbons (Fsp3) is 0.333. The zero-order chi connectivity index (χ0) is 13.0. The van der Waals surface area contributed by atoms with Crippen LogP contribution in [0, 0.1) is 0 Å². The minimum absolute atomic E-state index is 1.06. The molecule has 2 rings (SSSR count). The lowest BCUT2D eigenvalue weighted by molar-refractivity contribution is 0.438. The molecule has 2 heteroatoms. The molecule has 0 atom stereocenters. The van der Waals surface area contributed by atoms with Gasteiger partial charge in [-0.3, -0.25) is 10.0 Å². The number of anilines is 1. The van der Waals surface area contributed by atoms with E-state index in [2.05, 4.69) is 49.6 Å². The van der Waals surface area contributed by atoms with Crippen molar-refractivity contribution in [3.05, 3.63) is 53.9 Å². The van der Waals surface area contributed by atoms with Crippen molar-refractivity contribution in [2.24, 2.45) is 0 Å². The quantitative estimate of drug-likeness (QED) is 0.714. The highest BCUT2D eigenvalue weighted by Gasteiger charge is 2.25. The lowest BCUT2D eigenvalue weighted by Gasteiger charge is -2.30. The Labute approximate surface area is 105 Å². The number of allylic oxidation sites excluding steroid dienone is 2. The molecular weight excluding hydrogens is 208 g/mol. The van der Waals surface area contributed by atoms with Crippen LogP contribution in [0.15, 0.2) is 53.9 Å². The van der Waals surface area contributed by atoms with Crippen LogP contribution in [-0.4, -0.2) is 12.1 Å². The van der Waals surface area contributed by atoms with Gasteiger partial charge in [0.1, 0.15) is 0 Å². The first kappa shape index (κ1) is 13.4. The largest absolute Gasteiger partial charge is 0.288 e. The van der Waals surface area contributed by atoms with E-state index in [1.165, 1.54) is 11.3 Å². The van der Waals surface area contributed by atoms with Gasteiger partial charge in [-0.2, -0.15) is 0 Å². The van der Waals surface area contributed by atoms with Gasteiger partial charge in [-0.1, -0.05) is 38.6 Å². The van der Waals surface area contributed by atoms with Gasteiger partial charge in [-0.25, -0.2) is 0 Å². The van der Waals surface area contributed by atoms with E-state index >= 15 is 0 Å². The summed E-state index contributed by atoms with van der Waals surface area (Å²) in [5.41, 5.74) is 4.72. The van der Waals surface area contributed by atoms with Gasteiger partial charge in [-0.05, 0) is 31.6 Å². The lowest BCUT2D eigenvalue weighted by Crippen LogP contribution is -2.32. The maximum atomic E-state index is 4.12. The minimum Gasteiger partial charge on any atom is -0.288 e. The summed E-state index contributed by atoms with van der Waals surface area (Å²) in [5, 5.41) is 4.26. The topological polar surface area (TPSA) is 6.48 Å². The summed E-state index contributed by atoms with van der Waals surface area (Å²) in [4.78, 5) is 0. The zero-order valence-electron chi connectivity index (χ0n) is 11.5. The highest BCUT2D eigenvalue weighted by Crippen LogP contribution is 2.33. The molecule has 1 aliphatic rings. The van der Waals surface area contributed by atoms with Crippen molar-refractivity contribution in [3.8, 4) is 0 Å². The molecule has 1 aliphatic heterocycles. The van der Waals surface area contributed by atoms with Crippen molar-refractivity contribution in [2.45, 2.75) is 27.7 Å². The van der Waals surface area contributed by atoms with Gasteiger partial charge in [0, 0.05) is 12.7 Å². The number of hydrazine groups is 1. The van der Waals surface area contributed by atoms with Gasteiger partial charge in [0.2, 0.25) is 0 Å². The SMILES string of the molecule is C=C1C(C)=C(C)N(C)N1c1ccccc1.CC. The Hall–Kier alpha value is -1.70. The van der Waals surface area contributed by atoms with Crippen LogP contribution >= 0.6 is 0 Å². The first-order chi connectivity index (χ1) is 8.13. The molecule has 0 aromatic heterocycles. The molecule has 0 bridgehead atoms. The number of rotatable bonds is 1. The Kier molecular flexibility index (Phi) is 4.38. The first-order valence-electron chi connectivity index (χ1n) is 6.08. The first-order valence-corrected chi connectivity index (χ1v) is 6.08. The smallest absolute Gasteiger partial charge is 0.0632 e. The molecule has 0 aliphatic carbocycles. The molecule has 0 spiro atoms. The molecule has 0 N–H and O–H groups in total. The van der Waals surface area contributed by atoms with Crippen molar-refractivity contribution in [1.29, 1.82) is 0 Å². The van der Waals surface area contributed by atoms with E-state index in [4.69, 9.17) is 0 Å². The van der Waals surface area contributed by atoms with Crippen LogP contribution in [0.4, 0.5) is 5.69 Å². The number of benzene rings is 1. The van der Waals surface area contributed by atoms with Crippen molar-refractivity contribution in [1.82, 2.24) is 5.01 Å². The molecule has 1 heterocycles. The second kappa shape index (κ2) is 5.58. The van der Waals surface area contributed by atoms with Crippen molar-refractivity contribution >= 4 is 5.69 Å². The van der Waals surface area contributed by atoms with Crippen LogP contribution in [0.1, 0.15) is 27.7 Å². The van der Waals surface area contributed by atoms with E-state index < -0.39 is 0 Å². The van der Waals surface area contributed by atoms with Crippen LogP contribution in [0.2, 0.25) is 0 Å². The summed E-state index contributed by atoms with van der Waals surface area (Å²) in [7, 11) is 2.06. The Balaban J connectivity index is 0.000000686. The van der Waals surface area contributed by atoms with Crippen molar-refractivity contribution < 1.29 is 0 Å². The van der Waals surface area contributed by atoms with E-state index in [-0.39, 0.29) is 0 Å². The van der Waals surface area contributed by atoms with Gasteiger partial charge in [0.05, 0.1) is 11.4 Å². The third-order valence-electron chi connectivity index (χ3n) is 3.02. The Morgan fingerprint density at radius 2 is 1.53 bits per heavy atom. The summed E-state index contributed by atoms with van der Waals surface area (Å²) in [6.45, 7) is 12.3. The summed E-state index contributed by atoms with van der Waals surface area (Å²) in [6, 6.07) is 10.3. The zero-order valence-corrected chi connectivity index (χ0v) is 11.5. The van der Waals surface area contributed by atoms with Gasteiger partial charge in [0.15, 0.2) is 0 Å². The third kappa shape index (κ3) is 2.36. The summed E-state index contributed by atoms with van der Waals surface area (Å²) in [6.07, 6.45) is 0. The van der Waals surface area contributed by atoms with Gasteiger partial charge in [0.25, 0.3) is 0 Å². The molecule has 92 valence electrons. The maximum absolute atomic E-state index is 4.12. The second-order valence-corrected chi connectivity index (χ2v) is 3.83. The molecule has 0 amide bonds. The predicted molar refractivity (Wildman–Crippen MR) is 75.5 cm³/mol. The summed E-state index contributed by atoms with van der Waals surface area (Å²) in [5.74, 6) is 0. The van der Waals surface area contributed by atoms with Crippen LogP contribution in [0.3, 0.4) is 0 Å². The molecule has 1 aromatic carbocycles. The Bertz CT molecular complexity index is 418. The highest BCUT2D eigenvalue weighted by molar-refractivity contribution is 5.59. The number of nitrogens with zero attached hydrogens (tertiary/aromatic N) is 2. The molecule has 0 saturated carbocycles. The molecule has 1 aromatic rings. The lowest BCUT2D eigenvalue weighted by atomic mass is 10.2. The normalized spacial score (nSPS) is 15.0. The maximum Gasteiger partial charge on any atom is 0.0632 e. The molecule has 17 heavy (non-hydrogen) atoms. The van der Waals surface area contributed by atoms with E-state index in [1.54, 1.807) is 0 Å². The number of para-hydroxylation sites is 1. The molecule has 2 nitrogen and oxygen atoms in total. The average Bonchev–Trinajstić information content (AvgIpc) is 2.58. The van der Waals surface area contributed by atoms with Crippen LogP contribution < -0.4 is 5.01 Å². The summed E-state index contributed by atoms with van der Waals surface area (Å²) >= 11 is 0. The third-order valence-corrected chi connectivity index (χ3v) is 3.02. The number of hydrogen-bond donors (Lipinski definition) is 0. The molecule has 0 unspecified atom stereocenters. The standard InChI is InChI=1S/C13H16N2.C2H6/c1-10-11(2)14(4)15(12(10)3)13-8-6-5-7-9-13;1-2/h5-9H,3H2,1-2,4H3;1-2H3. The Morgan fingerprint density at radius 1 is 1.00 bits per heavy atom. The van der Waals surface area contributed by atoms with Gasteiger partial charge >= 0.3 is 0 Å². The van der Waals surface area contributed by atoms with Crippen molar-refractivity contribution in [2.75, 3.05) is 12.1 Å². The average molecular weight is 230 g/mol. The Morgan fingerprint density at radius 3 is 1.94 bits per heavy atom. The number of hydrogen-bond acceptors (Lipinski definition) is 2. The minimum atomic E-state index is 1.06. The monoisotopic (exact) mass is 230 g/mol. The fourth-order valence-electron chi connectivity index (χ4n) is 1.84. The molecule has 0 fully saturated rings. The fourth-order valence-corrected chi connectivity index (χ4v) is 1.84. The van der Waals surface area contributed by atoms with E-state index in [9.17, 15) is 0 Å². The van der Waals surface area contributed by atoms with Gasteiger partial charge < -0.3 is 0 Å². The highest BCUT2D eigenvalue weighted by atomic mass is 15.6.